The molecule has 0 radical (unpaired) electrons. The van der Waals surface area contributed by atoms with Crippen LogP contribution in [0, 0.1) is 0 Å². The Balaban J connectivity index is 2.13. The number of hydrogen-bond acceptors (Lipinski definition) is 4. The molecule has 1 N–H and O–H groups in total. The molecule has 2 aromatic rings. The van der Waals surface area contributed by atoms with Gasteiger partial charge in [-0.15, -0.1) is 0 Å². The Kier molecular flexibility index (Phi) is 4.56. The summed E-state index contributed by atoms with van der Waals surface area (Å²) in [7, 11) is 0. The number of ether oxygens (including phenoxy) is 1. The summed E-state index contributed by atoms with van der Waals surface area (Å²) < 4.78 is 7.35. The molecule has 7 heteroatoms. The highest BCUT2D eigenvalue weighted by atomic mass is 35.5. The van der Waals surface area contributed by atoms with Gasteiger partial charge in [0.25, 0.3) is 0 Å². The molecule has 1 aromatic heterocycles. The van der Waals surface area contributed by atoms with Crippen LogP contribution in [0.4, 0.5) is 5.82 Å². The first-order valence-electron chi connectivity index (χ1n) is 7.87. The first-order valence-corrected chi connectivity index (χ1v) is 8.62. The monoisotopic (exact) mass is 379 g/mol. The summed E-state index contributed by atoms with van der Waals surface area (Å²) in [5.41, 5.74) is 1.42. The van der Waals surface area contributed by atoms with E-state index in [2.05, 4.69) is 10.4 Å². The third kappa shape index (κ3) is 3.53. The Bertz CT molecular complexity index is 865. The number of carbonyl (C=O) groups is 1. The van der Waals surface area contributed by atoms with E-state index in [9.17, 15) is 4.79 Å². The van der Waals surface area contributed by atoms with Crippen LogP contribution in [0.25, 0.3) is 0 Å². The molecule has 0 saturated carbocycles. The molecular weight excluding hydrogens is 361 g/mol. The number of benzene rings is 1. The molecule has 0 aliphatic carbocycles. The minimum absolute atomic E-state index is 0.394. The first-order chi connectivity index (χ1) is 11.7. The molecule has 5 nitrogen and oxygen atoms in total. The number of esters is 1. The van der Waals surface area contributed by atoms with Gasteiger partial charge in [-0.1, -0.05) is 29.3 Å². The quantitative estimate of drug-likeness (QED) is 0.759. The van der Waals surface area contributed by atoms with Crippen LogP contribution in [-0.4, -0.2) is 21.4 Å². The van der Waals surface area contributed by atoms with Gasteiger partial charge < -0.3 is 10.1 Å². The first kappa shape index (κ1) is 17.8. The van der Waals surface area contributed by atoms with Crippen molar-refractivity contribution in [3.63, 3.8) is 0 Å². The van der Waals surface area contributed by atoms with Gasteiger partial charge >= 0.3 is 5.97 Å². The van der Waals surface area contributed by atoms with Gasteiger partial charge in [-0.25, -0.2) is 9.48 Å². The average Bonchev–Trinajstić information content (AvgIpc) is 2.94. The summed E-state index contributed by atoms with van der Waals surface area (Å²) in [6, 6.07) is 6.71. The van der Waals surface area contributed by atoms with Gasteiger partial charge in [-0.2, -0.15) is 5.10 Å². The van der Waals surface area contributed by atoms with Gasteiger partial charge in [0.15, 0.2) is 0 Å². The summed E-state index contributed by atoms with van der Waals surface area (Å²) in [5.74, 6) is 0.399. The molecule has 0 unspecified atom stereocenters. The number of anilines is 1. The van der Waals surface area contributed by atoms with Crippen LogP contribution in [0.15, 0.2) is 41.7 Å². The SMILES string of the molecule is CC1=C(C(=O)OC(C)(C)C)[C@H](c2ccc(Cl)c(Cl)c2)n2nccc2N1. The molecule has 0 fully saturated rings. The van der Waals surface area contributed by atoms with Crippen molar-refractivity contribution in [3.8, 4) is 0 Å². The number of nitrogens with one attached hydrogen (secondary N) is 1. The number of allylic oxidation sites excluding steroid dienone is 1. The third-order valence-electron chi connectivity index (χ3n) is 3.79. The lowest BCUT2D eigenvalue weighted by Gasteiger charge is -2.31. The average molecular weight is 380 g/mol. The van der Waals surface area contributed by atoms with Crippen molar-refractivity contribution in [1.82, 2.24) is 9.78 Å². The number of carbonyl (C=O) groups excluding carboxylic acids is 1. The normalized spacial score (nSPS) is 17.1. The standard InChI is InChI=1S/C18H19Cl2N3O2/c1-10-15(17(24)25-18(2,3)4)16(23-14(22-10)7-8-21-23)11-5-6-12(19)13(20)9-11/h5-9,16,22H,1-4H3/t16-/m0/s1. The fourth-order valence-electron chi connectivity index (χ4n) is 2.79. The van der Waals surface area contributed by atoms with E-state index >= 15 is 0 Å². The van der Waals surface area contributed by atoms with Crippen molar-refractivity contribution in [2.45, 2.75) is 39.3 Å². The van der Waals surface area contributed by atoms with Gasteiger partial charge in [-0.3, -0.25) is 0 Å². The lowest BCUT2D eigenvalue weighted by molar-refractivity contribution is -0.150. The van der Waals surface area contributed by atoms with Gasteiger partial charge in [0, 0.05) is 11.8 Å². The molecule has 2 heterocycles. The van der Waals surface area contributed by atoms with Gasteiger partial charge in [0.05, 0.1) is 21.8 Å². The van der Waals surface area contributed by atoms with E-state index in [1.54, 1.807) is 23.0 Å². The number of rotatable bonds is 2. The van der Waals surface area contributed by atoms with Crippen molar-refractivity contribution in [1.29, 1.82) is 0 Å². The minimum atomic E-state index is -0.600. The zero-order valence-corrected chi connectivity index (χ0v) is 15.9. The maximum Gasteiger partial charge on any atom is 0.338 e. The predicted molar refractivity (Wildman–Crippen MR) is 99.0 cm³/mol. The molecule has 0 bridgehead atoms. The van der Waals surface area contributed by atoms with Crippen LogP contribution in [0.2, 0.25) is 10.0 Å². The van der Waals surface area contributed by atoms with Crippen LogP contribution in [-0.2, 0) is 9.53 Å². The maximum atomic E-state index is 12.9. The molecule has 0 saturated heterocycles. The smallest absolute Gasteiger partial charge is 0.338 e. The second kappa shape index (κ2) is 6.39. The Morgan fingerprint density at radius 3 is 2.60 bits per heavy atom. The molecule has 25 heavy (non-hydrogen) atoms. The maximum absolute atomic E-state index is 12.9. The predicted octanol–water partition coefficient (Wildman–Crippen LogP) is 4.82. The molecule has 0 spiro atoms. The number of hydrogen-bond donors (Lipinski definition) is 1. The van der Waals surface area contributed by atoms with Gasteiger partial charge in [-0.05, 0) is 45.4 Å². The molecular formula is C18H19Cl2N3O2. The highest BCUT2D eigenvalue weighted by molar-refractivity contribution is 6.42. The van der Waals surface area contributed by atoms with E-state index in [0.29, 0.717) is 15.6 Å². The summed E-state index contributed by atoms with van der Waals surface area (Å²) in [6.07, 6.45) is 1.68. The van der Waals surface area contributed by atoms with Gasteiger partial charge in [0.1, 0.15) is 17.5 Å². The second-order valence-corrected chi connectivity index (χ2v) is 7.72. The molecule has 1 aliphatic heterocycles. The van der Waals surface area contributed by atoms with E-state index < -0.39 is 17.6 Å². The zero-order chi connectivity index (χ0) is 18.4. The lowest BCUT2D eigenvalue weighted by atomic mass is 9.95. The highest BCUT2D eigenvalue weighted by Gasteiger charge is 2.35. The summed E-state index contributed by atoms with van der Waals surface area (Å²) in [6.45, 7) is 7.36. The van der Waals surface area contributed by atoms with E-state index in [1.165, 1.54) is 0 Å². The lowest BCUT2D eigenvalue weighted by Crippen LogP contribution is -2.33. The molecule has 0 amide bonds. The summed E-state index contributed by atoms with van der Waals surface area (Å²) in [5, 5.41) is 8.45. The van der Waals surface area contributed by atoms with Gasteiger partial charge in [0.2, 0.25) is 0 Å². The van der Waals surface area contributed by atoms with Crippen LogP contribution in [0.5, 0.6) is 0 Å². The van der Waals surface area contributed by atoms with Crippen molar-refractivity contribution in [3.05, 3.63) is 57.3 Å². The van der Waals surface area contributed by atoms with E-state index in [0.717, 1.165) is 17.1 Å². The highest BCUT2D eigenvalue weighted by Crippen LogP contribution is 2.38. The van der Waals surface area contributed by atoms with E-state index in [-0.39, 0.29) is 0 Å². The van der Waals surface area contributed by atoms with E-state index in [1.807, 2.05) is 39.8 Å². The molecule has 1 atom stereocenters. The zero-order valence-electron chi connectivity index (χ0n) is 14.4. The largest absolute Gasteiger partial charge is 0.456 e. The van der Waals surface area contributed by atoms with Crippen molar-refractivity contribution in [2.75, 3.05) is 5.32 Å². The molecule has 132 valence electrons. The molecule has 1 aliphatic rings. The fraction of sp³-hybridized carbons (Fsp3) is 0.333. The van der Waals surface area contributed by atoms with Crippen LogP contribution in [0.3, 0.4) is 0 Å². The Morgan fingerprint density at radius 2 is 1.96 bits per heavy atom. The number of aromatic nitrogens is 2. The third-order valence-corrected chi connectivity index (χ3v) is 4.53. The van der Waals surface area contributed by atoms with Crippen LogP contribution in [0.1, 0.15) is 39.3 Å². The number of halogens is 2. The Hall–Kier alpha value is -1.98. The summed E-state index contributed by atoms with van der Waals surface area (Å²) >= 11 is 12.2. The number of nitrogens with zero attached hydrogens (tertiary/aromatic N) is 2. The Morgan fingerprint density at radius 1 is 1.24 bits per heavy atom. The molecule has 3 rings (SSSR count). The fourth-order valence-corrected chi connectivity index (χ4v) is 3.10. The van der Waals surface area contributed by atoms with Crippen molar-refractivity contribution < 1.29 is 9.53 Å². The second-order valence-electron chi connectivity index (χ2n) is 6.90. The van der Waals surface area contributed by atoms with Crippen molar-refractivity contribution >= 4 is 35.0 Å². The molecule has 1 aromatic carbocycles. The van der Waals surface area contributed by atoms with Crippen LogP contribution >= 0.6 is 23.2 Å². The number of fused-ring (bicyclic) bond motifs is 1. The van der Waals surface area contributed by atoms with E-state index in [4.69, 9.17) is 27.9 Å². The topological polar surface area (TPSA) is 56.2 Å². The van der Waals surface area contributed by atoms with Crippen molar-refractivity contribution in [2.24, 2.45) is 0 Å². The van der Waals surface area contributed by atoms with Crippen LogP contribution < -0.4 is 5.32 Å². The summed E-state index contributed by atoms with van der Waals surface area (Å²) in [4.78, 5) is 12.9. The minimum Gasteiger partial charge on any atom is -0.456 e. The Labute approximate surface area is 156 Å².